The molecule has 0 aromatic carbocycles. The zero-order valence-electron chi connectivity index (χ0n) is 4.81. The van der Waals surface area contributed by atoms with Gasteiger partial charge in [0.05, 0.1) is 0 Å². The van der Waals surface area contributed by atoms with E-state index in [0.29, 0.717) is 0 Å². The standard InChI is InChI=1S/C6H12S.H2/c1-7-6-4-2-3-5-6;/h6H,2-5H2,1H3;1H. The van der Waals surface area contributed by atoms with E-state index in [9.17, 15) is 0 Å². The first-order valence-corrected chi connectivity index (χ1v) is 4.25. The monoisotopic (exact) mass is 118 g/mol. The smallest absolute Gasteiger partial charge is 0.00442 e. The Hall–Kier alpha value is 0.350. The molecule has 0 nitrogen and oxygen atoms in total. The van der Waals surface area contributed by atoms with Gasteiger partial charge < -0.3 is 0 Å². The van der Waals surface area contributed by atoms with Gasteiger partial charge in [0, 0.05) is 6.68 Å². The van der Waals surface area contributed by atoms with E-state index in [1.807, 2.05) is 11.8 Å². The van der Waals surface area contributed by atoms with Crippen molar-refractivity contribution in [2.24, 2.45) is 0 Å². The number of thioether (sulfide) groups is 1. The largest absolute Gasteiger partial charge is 0.162 e. The molecule has 0 amide bonds. The van der Waals surface area contributed by atoms with Gasteiger partial charge in [-0.1, -0.05) is 12.8 Å². The van der Waals surface area contributed by atoms with Crippen LogP contribution in [-0.2, 0) is 0 Å². The summed E-state index contributed by atoms with van der Waals surface area (Å²) in [4.78, 5) is 0. The van der Waals surface area contributed by atoms with Crippen molar-refractivity contribution in [3.63, 3.8) is 0 Å². The summed E-state index contributed by atoms with van der Waals surface area (Å²) in [7, 11) is 0. The Balaban J connectivity index is 0.000000490. The topological polar surface area (TPSA) is 0 Å². The molecule has 0 saturated heterocycles. The van der Waals surface area contributed by atoms with Crippen LogP contribution in [-0.4, -0.2) is 11.5 Å². The third-order valence-electron chi connectivity index (χ3n) is 1.64. The van der Waals surface area contributed by atoms with Crippen LogP contribution in [0.25, 0.3) is 0 Å². The van der Waals surface area contributed by atoms with Crippen LogP contribution in [0.15, 0.2) is 0 Å². The van der Waals surface area contributed by atoms with E-state index in [4.69, 9.17) is 0 Å². The molecule has 1 fully saturated rings. The quantitative estimate of drug-likeness (QED) is 0.510. The summed E-state index contributed by atoms with van der Waals surface area (Å²) in [5, 5.41) is 1.01. The van der Waals surface area contributed by atoms with Crippen LogP contribution in [0.4, 0.5) is 0 Å². The molecular weight excluding hydrogens is 104 g/mol. The van der Waals surface area contributed by atoms with Gasteiger partial charge in [-0.2, -0.15) is 11.8 Å². The molecule has 1 aliphatic carbocycles. The van der Waals surface area contributed by atoms with Crippen molar-refractivity contribution < 1.29 is 1.43 Å². The van der Waals surface area contributed by atoms with E-state index in [0.717, 1.165) is 5.25 Å². The summed E-state index contributed by atoms with van der Waals surface area (Å²) >= 11 is 2.03. The Bertz CT molecular complexity index is 50.5. The molecule has 0 N–H and O–H groups in total. The minimum atomic E-state index is 0. The van der Waals surface area contributed by atoms with Gasteiger partial charge in [0.1, 0.15) is 0 Å². The molecule has 0 unspecified atom stereocenters. The first-order valence-electron chi connectivity index (χ1n) is 2.96. The molecule has 1 saturated carbocycles. The molecule has 0 spiro atoms. The van der Waals surface area contributed by atoms with E-state index in [2.05, 4.69) is 6.26 Å². The van der Waals surface area contributed by atoms with Gasteiger partial charge in [-0.25, -0.2) is 0 Å². The van der Waals surface area contributed by atoms with E-state index >= 15 is 0 Å². The Labute approximate surface area is 51.2 Å². The number of hydrogen-bond acceptors (Lipinski definition) is 1. The summed E-state index contributed by atoms with van der Waals surface area (Å²) in [5.41, 5.74) is 0. The molecule has 0 bridgehead atoms. The van der Waals surface area contributed by atoms with Gasteiger partial charge >= 0.3 is 0 Å². The summed E-state index contributed by atoms with van der Waals surface area (Å²) in [6, 6.07) is 0. The van der Waals surface area contributed by atoms with Crippen LogP contribution in [0.1, 0.15) is 27.1 Å². The fourth-order valence-electron chi connectivity index (χ4n) is 1.12. The predicted molar refractivity (Wildman–Crippen MR) is 37.9 cm³/mol. The second-order valence-corrected chi connectivity index (χ2v) is 3.28. The lowest BCUT2D eigenvalue weighted by Crippen LogP contribution is -1.89. The van der Waals surface area contributed by atoms with Crippen molar-refractivity contribution in [2.45, 2.75) is 30.9 Å². The SMILES string of the molecule is CSC1CCCC1.[HH]. The average molecular weight is 118 g/mol. The second kappa shape index (κ2) is 2.61. The molecule has 0 aromatic rings. The molecule has 1 heteroatoms. The van der Waals surface area contributed by atoms with Crippen LogP contribution >= 0.6 is 11.8 Å². The fraction of sp³-hybridized carbons (Fsp3) is 1.00. The average Bonchev–Trinajstić information content (AvgIpc) is 2.14. The summed E-state index contributed by atoms with van der Waals surface area (Å²) in [6.07, 6.45) is 8.12. The maximum atomic E-state index is 2.22. The number of rotatable bonds is 1. The van der Waals surface area contributed by atoms with Crippen molar-refractivity contribution in [1.82, 2.24) is 0 Å². The normalized spacial score (nSPS) is 23.6. The Morgan fingerprint density at radius 1 is 1.43 bits per heavy atom. The van der Waals surface area contributed by atoms with E-state index in [1.165, 1.54) is 25.7 Å². The summed E-state index contributed by atoms with van der Waals surface area (Å²) in [6.45, 7) is 0. The van der Waals surface area contributed by atoms with Crippen LogP contribution < -0.4 is 0 Å². The number of hydrogen-bond donors (Lipinski definition) is 0. The molecule has 44 valence electrons. The van der Waals surface area contributed by atoms with Gasteiger partial charge in [0.15, 0.2) is 0 Å². The minimum absolute atomic E-state index is 0. The fourth-order valence-corrected chi connectivity index (χ4v) is 1.93. The molecule has 0 heterocycles. The van der Waals surface area contributed by atoms with Crippen molar-refractivity contribution in [1.29, 1.82) is 0 Å². The van der Waals surface area contributed by atoms with Gasteiger partial charge in [0.2, 0.25) is 0 Å². The van der Waals surface area contributed by atoms with E-state index in [1.54, 1.807) is 0 Å². The highest BCUT2D eigenvalue weighted by Gasteiger charge is 2.11. The Morgan fingerprint density at radius 2 is 2.00 bits per heavy atom. The van der Waals surface area contributed by atoms with E-state index in [-0.39, 0.29) is 1.43 Å². The third kappa shape index (κ3) is 1.37. The summed E-state index contributed by atoms with van der Waals surface area (Å²) < 4.78 is 0. The maximum Gasteiger partial charge on any atom is 0.00442 e. The zero-order chi connectivity index (χ0) is 5.11. The second-order valence-electron chi connectivity index (χ2n) is 2.14. The van der Waals surface area contributed by atoms with Crippen LogP contribution in [0.3, 0.4) is 0 Å². The van der Waals surface area contributed by atoms with Crippen molar-refractivity contribution in [3.8, 4) is 0 Å². The lowest BCUT2D eigenvalue weighted by molar-refractivity contribution is 0.886. The molecule has 0 aromatic heterocycles. The molecule has 7 heavy (non-hydrogen) atoms. The lowest BCUT2D eigenvalue weighted by atomic mass is 10.4. The first-order chi connectivity index (χ1) is 3.43. The lowest BCUT2D eigenvalue weighted by Gasteiger charge is -1.99. The Kier molecular flexibility index (Phi) is 2.04. The minimum Gasteiger partial charge on any atom is -0.162 e. The molecule has 0 atom stereocenters. The van der Waals surface area contributed by atoms with Crippen molar-refractivity contribution in [3.05, 3.63) is 0 Å². The predicted octanol–water partition coefficient (Wildman–Crippen LogP) is 2.54. The van der Waals surface area contributed by atoms with Crippen molar-refractivity contribution in [2.75, 3.05) is 6.26 Å². The highest BCUT2D eigenvalue weighted by atomic mass is 32.2. The van der Waals surface area contributed by atoms with Gasteiger partial charge in [-0.3, -0.25) is 0 Å². The Morgan fingerprint density at radius 3 is 2.29 bits per heavy atom. The molecule has 1 rings (SSSR count). The molecular formula is C6H14S. The summed E-state index contributed by atoms with van der Waals surface area (Å²) in [5.74, 6) is 0. The van der Waals surface area contributed by atoms with Gasteiger partial charge in [-0.05, 0) is 19.1 Å². The van der Waals surface area contributed by atoms with Crippen LogP contribution in [0.2, 0.25) is 0 Å². The van der Waals surface area contributed by atoms with Gasteiger partial charge in [0.25, 0.3) is 0 Å². The third-order valence-corrected chi connectivity index (χ3v) is 2.77. The maximum absolute atomic E-state index is 2.22. The first kappa shape index (κ1) is 5.49. The molecule has 0 aliphatic heterocycles. The van der Waals surface area contributed by atoms with Crippen molar-refractivity contribution >= 4 is 11.8 Å². The highest BCUT2D eigenvalue weighted by molar-refractivity contribution is 7.99. The molecule has 1 aliphatic rings. The van der Waals surface area contributed by atoms with Crippen LogP contribution in [0.5, 0.6) is 0 Å². The highest BCUT2D eigenvalue weighted by Crippen LogP contribution is 2.26. The van der Waals surface area contributed by atoms with Gasteiger partial charge in [-0.15, -0.1) is 0 Å². The zero-order valence-corrected chi connectivity index (χ0v) is 5.63. The molecule has 0 radical (unpaired) electrons. The van der Waals surface area contributed by atoms with Crippen LogP contribution in [0, 0.1) is 0 Å². The van der Waals surface area contributed by atoms with E-state index < -0.39 is 0 Å².